The van der Waals surface area contributed by atoms with Gasteiger partial charge in [0.2, 0.25) is 0 Å². The number of nitro groups is 1. The summed E-state index contributed by atoms with van der Waals surface area (Å²) in [6.45, 7) is 0.317. The molecule has 0 aliphatic heterocycles. The highest BCUT2D eigenvalue weighted by atomic mass is 16.6. The molecule has 2 N–H and O–H groups in total. The van der Waals surface area contributed by atoms with Crippen molar-refractivity contribution in [1.82, 2.24) is 0 Å². The third-order valence-corrected chi connectivity index (χ3v) is 2.96. The maximum atomic E-state index is 11.0. The summed E-state index contributed by atoms with van der Waals surface area (Å²) in [5.74, 6) is 0. The second-order valence-corrected chi connectivity index (χ2v) is 4.46. The Kier molecular flexibility index (Phi) is 5.06. The molecule has 5 heteroatoms. The lowest BCUT2D eigenvalue weighted by atomic mass is 10.1. The molecule has 0 spiro atoms. The third kappa shape index (κ3) is 4.15. The first-order chi connectivity index (χ1) is 10.2. The molecule has 21 heavy (non-hydrogen) atoms. The predicted octanol–water partition coefficient (Wildman–Crippen LogP) is 3.21. The molecule has 0 saturated carbocycles. The van der Waals surface area contributed by atoms with Crippen LogP contribution in [0.25, 0.3) is 6.08 Å². The zero-order valence-corrected chi connectivity index (χ0v) is 11.4. The average Bonchev–Trinajstić information content (AvgIpc) is 2.52. The molecule has 5 nitrogen and oxygen atoms in total. The highest BCUT2D eigenvalue weighted by molar-refractivity contribution is 5.63. The van der Waals surface area contributed by atoms with Crippen LogP contribution in [0, 0.1) is 10.1 Å². The summed E-state index contributed by atoms with van der Waals surface area (Å²) in [5.41, 5.74) is 2.11. The largest absolute Gasteiger partial charge is 0.392 e. The van der Waals surface area contributed by atoms with Gasteiger partial charge >= 0.3 is 0 Å². The van der Waals surface area contributed by atoms with Gasteiger partial charge in [-0.1, -0.05) is 42.5 Å². The van der Waals surface area contributed by atoms with Crippen LogP contribution in [0.5, 0.6) is 0 Å². The zero-order chi connectivity index (χ0) is 15.1. The summed E-state index contributed by atoms with van der Waals surface area (Å²) in [6, 6.07) is 14.3. The Hall–Kier alpha value is -2.66. The van der Waals surface area contributed by atoms with Crippen molar-refractivity contribution < 1.29 is 10.0 Å². The van der Waals surface area contributed by atoms with Crippen LogP contribution in [-0.2, 0) is 6.61 Å². The molecule has 0 heterocycles. The molecule has 0 aliphatic rings. The van der Waals surface area contributed by atoms with Crippen LogP contribution >= 0.6 is 0 Å². The molecular formula is C16H16N2O3. The fourth-order valence-corrected chi connectivity index (χ4v) is 1.91. The Labute approximate surface area is 122 Å². The van der Waals surface area contributed by atoms with E-state index in [1.807, 2.05) is 42.5 Å². The van der Waals surface area contributed by atoms with E-state index >= 15 is 0 Å². The summed E-state index contributed by atoms with van der Waals surface area (Å²) < 4.78 is 0. The number of nitrogens with one attached hydrogen (secondary N) is 1. The number of rotatable bonds is 6. The fraction of sp³-hybridized carbons (Fsp3) is 0.125. The summed E-state index contributed by atoms with van der Waals surface area (Å²) in [5, 5.41) is 23.1. The van der Waals surface area contributed by atoms with Crippen LogP contribution in [0.15, 0.2) is 54.6 Å². The Morgan fingerprint density at radius 3 is 2.62 bits per heavy atom. The van der Waals surface area contributed by atoms with Crippen molar-refractivity contribution in [3.05, 3.63) is 75.8 Å². The SMILES string of the molecule is O=[N+]([O-])c1ccc(CO)cc1NC/C=C/c1ccccc1. The van der Waals surface area contributed by atoms with Gasteiger partial charge in [0, 0.05) is 12.6 Å². The molecule has 2 rings (SSSR count). The predicted molar refractivity (Wildman–Crippen MR) is 83.0 cm³/mol. The molecule has 0 aromatic heterocycles. The number of aliphatic hydroxyl groups excluding tert-OH is 1. The van der Waals surface area contributed by atoms with Gasteiger partial charge in [0.25, 0.3) is 5.69 Å². The first-order valence-electron chi connectivity index (χ1n) is 6.54. The molecule has 0 amide bonds. The van der Waals surface area contributed by atoms with Gasteiger partial charge in [-0.25, -0.2) is 0 Å². The molecule has 108 valence electrons. The van der Waals surface area contributed by atoms with Gasteiger partial charge in [-0.2, -0.15) is 0 Å². The monoisotopic (exact) mass is 284 g/mol. The maximum absolute atomic E-state index is 11.0. The molecule has 2 aromatic carbocycles. The zero-order valence-electron chi connectivity index (χ0n) is 11.4. The summed E-state index contributed by atoms with van der Waals surface area (Å²) in [6.07, 6.45) is 3.83. The van der Waals surface area contributed by atoms with E-state index < -0.39 is 4.92 Å². The Bertz CT molecular complexity index is 639. The van der Waals surface area contributed by atoms with Gasteiger partial charge in [-0.15, -0.1) is 0 Å². The molecule has 0 bridgehead atoms. The molecule has 0 radical (unpaired) electrons. The van der Waals surface area contributed by atoms with Gasteiger partial charge < -0.3 is 10.4 Å². The molecule has 2 aromatic rings. The van der Waals surface area contributed by atoms with Crippen molar-refractivity contribution in [2.75, 3.05) is 11.9 Å². The van der Waals surface area contributed by atoms with Gasteiger partial charge in [0.1, 0.15) is 5.69 Å². The quantitative estimate of drug-likeness (QED) is 0.631. The van der Waals surface area contributed by atoms with E-state index in [4.69, 9.17) is 5.11 Å². The number of benzene rings is 2. The van der Waals surface area contributed by atoms with E-state index in [1.165, 1.54) is 6.07 Å². The lowest BCUT2D eigenvalue weighted by Crippen LogP contribution is -2.03. The van der Waals surface area contributed by atoms with Crippen LogP contribution in [-0.4, -0.2) is 16.6 Å². The first-order valence-corrected chi connectivity index (χ1v) is 6.54. The summed E-state index contributed by atoms with van der Waals surface area (Å²) in [4.78, 5) is 10.5. The van der Waals surface area contributed by atoms with E-state index in [2.05, 4.69) is 5.32 Å². The highest BCUT2D eigenvalue weighted by Gasteiger charge is 2.13. The van der Waals surface area contributed by atoms with Crippen molar-refractivity contribution in [3.8, 4) is 0 Å². The molecule has 0 saturated heterocycles. The topological polar surface area (TPSA) is 75.4 Å². The van der Waals surface area contributed by atoms with Crippen molar-refractivity contribution in [1.29, 1.82) is 0 Å². The average molecular weight is 284 g/mol. The Morgan fingerprint density at radius 1 is 1.19 bits per heavy atom. The molecular weight excluding hydrogens is 268 g/mol. The van der Waals surface area contributed by atoms with Crippen molar-refractivity contribution in [3.63, 3.8) is 0 Å². The fourth-order valence-electron chi connectivity index (χ4n) is 1.91. The number of nitrogens with zero attached hydrogens (tertiary/aromatic N) is 1. The van der Waals surface area contributed by atoms with E-state index in [-0.39, 0.29) is 12.3 Å². The molecule has 0 unspecified atom stereocenters. The van der Waals surface area contributed by atoms with Crippen LogP contribution in [0.2, 0.25) is 0 Å². The minimum atomic E-state index is -0.440. The lowest BCUT2D eigenvalue weighted by molar-refractivity contribution is -0.384. The van der Waals surface area contributed by atoms with Crippen LogP contribution in [0.3, 0.4) is 0 Å². The van der Waals surface area contributed by atoms with Crippen LogP contribution in [0.1, 0.15) is 11.1 Å². The van der Waals surface area contributed by atoms with E-state index in [9.17, 15) is 10.1 Å². The summed E-state index contributed by atoms with van der Waals surface area (Å²) >= 11 is 0. The highest BCUT2D eigenvalue weighted by Crippen LogP contribution is 2.25. The number of hydrogen-bond donors (Lipinski definition) is 2. The van der Waals surface area contributed by atoms with E-state index in [1.54, 1.807) is 12.1 Å². The molecule has 0 fully saturated rings. The normalized spacial score (nSPS) is 10.7. The number of anilines is 1. The second-order valence-electron chi connectivity index (χ2n) is 4.46. The van der Waals surface area contributed by atoms with Gasteiger partial charge in [-0.05, 0) is 23.3 Å². The minimum Gasteiger partial charge on any atom is -0.392 e. The molecule has 0 aliphatic carbocycles. The van der Waals surface area contributed by atoms with E-state index in [0.29, 0.717) is 17.8 Å². The van der Waals surface area contributed by atoms with Crippen molar-refractivity contribution in [2.24, 2.45) is 0 Å². The standard InChI is InChI=1S/C16H16N2O3/c19-12-14-8-9-16(18(20)21)15(11-14)17-10-4-7-13-5-2-1-3-6-13/h1-9,11,17,19H,10,12H2/b7-4+. The Balaban J connectivity index is 2.05. The lowest BCUT2D eigenvalue weighted by Gasteiger charge is -2.06. The van der Waals surface area contributed by atoms with Gasteiger partial charge in [-0.3, -0.25) is 10.1 Å². The minimum absolute atomic E-state index is 0.000288. The van der Waals surface area contributed by atoms with Gasteiger partial charge in [0.15, 0.2) is 0 Å². The number of nitro benzene ring substituents is 1. The Morgan fingerprint density at radius 2 is 1.95 bits per heavy atom. The smallest absolute Gasteiger partial charge is 0.292 e. The van der Waals surface area contributed by atoms with E-state index in [0.717, 1.165) is 5.56 Å². The van der Waals surface area contributed by atoms with Crippen LogP contribution in [0.4, 0.5) is 11.4 Å². The van der Waals surface area contributed by atoms with Crippen molar-refractivity contribution in [2.45, 2.75) is 6.61 Å². The molecule has 0 atom stereocenters. The summed E-state index contributed by atoms with van der Waals surface area (Å²) in [7, 11) is 0. The third-order valence-electron chi connectivity index (χ3n) is 2.96. The number of hydrogen-bond acceptors (Lipinski definition) is 4. The maximum Gasteiger partial charge on any atom is 0.292 e. The van der Waals surface area contributed by atoms with Crippen LogP contribution < -0.4 is 5.32 Å². The van der Waals surface area contributed by atoms with Gasteiger partial charge in [0.05, 0.1) is 11.5 Å². The first kappa shape index (κ1) is 14.7. The second kappa shape index (κ2) is 7.21. The number of aliphatic hydroxyl groups is 1. The van der Waals surface area contributed by atoms with Crippen molar-refractivity contribution >= 4 is 17.5 Å².